The van der Waals surface area contributed by atoms with Gasteiger partial charge in [0.1, 0.15) is 16.5 Å². The minimum absolute atomic E-state index is 0.265. The number of halogens is 1. The van der Waals surface area contributed by atoms with Gasteiger partial charge in [0, 0.05) is 16.1 Å². The smallest absolute Gasteiger partial charge is 0.274 e. The number of aryl methyl sites for hydroxylation is 1. The van der Waals surface area contributed by atoms with Crippen LogP contribution >= 0.6 is 22.9 Å². The fourth-order valence-corrected chi connectivity index (χ4v) is 5.12. The molecular formula is C21H17ClN4OS. The molecule has 0 bridgehead atoms. The van der Waals surface area contributed by atoms with Crippen LogP contribution in [0.2, 0.25) is 5.02 Å². The van der Waals surface area contributed by atoms with E-state index in [1.807, 2.05) is 24.3 Å². The molecule has 1 aliphatic rings. The van der Waals surface area contributed by atoms with Crippen LogP contribution in [0, 0.1) is 0 Å². The van der Waals surface area contributed by atoms with Gasteiger partial charge in [0.25, 0.3) is 5.91 Å². The summed E-state index contributed by atoms with van der Waals surface area (Å²) in [6.07, 6.45) is 5.91. The maximum atomic E-state index is 12.8. The van der Waals surface area contributed by atoms with Crippen molar-refractivity contribution in [1.82, 2.24) is 15.0 Å². The third-order valence-corrected chi connectivity index (χ3v) is 6.42. The van der Waals surface area contributed by atoms with Gasteiger partial charge in [-0.3, -0.25) is 9.78 Å². The van der Waals surface area contributed by atoms with Crippen molar-refractivity contribution in [3.05, 3.63) is 63.8 Å². The number of carbonyl (C=O) groups is 1. The minimum atomic E-state index is -0.265. The van der Waals surface area contributed by atoms with E-state index in [1.165, 1.54) is 23.1 Å². The quantitative estimate of drug-likeness (QED) is 0.472. The lowest BCUT2D eigenvalue weighted by Gasteiger charge is -2.12. The molecule has 5 nitrogen and oxygen atoms in total. The van der Waals surface area contributed by atoms with Gasteiger partial charge in [-0.15, -0.1) is 11.3 Å². The third-order valence-electron chi connectivity index (χ3n) is 4.98. The Bertz CT molecular complexity index is 1160. The number of carbonyl (C=O) groups excluding carboxylic acids is 1. The molecule has 1 aromatic carbocycles. The van der Waals surface area contributed by atoms with Crippen molar-refractivity contribution in [3.8, 4) is 11.4 Å². The number of nitrogens with zero attached hydrogens (tertiary/aromatic N) is 2. The number of hydrogen-bond donors (Lipinski definition) is 2. The number of imidazole rings is 1. The summed E-state index contributed by atoms with van der Waals surface area (Å²) in [5.74, 6) is 0.536. The average Bonchev–Trinajstić information content (AvgIpc) is 3.28. The third kappa shape index (κ3) is 3.08. The zero-order chi connectivity index (χ0) is 19.1. The zero-order valence-corrected chi connectivity index (χ0v) is 16.5. The first-order valence-corrected chi connectivity index (χ1v) is 10.4. The standard InChI is InChI=1S/C21H17ClN4OS/c22-12-9-10-23-16(11-12)20(27)26-21-18(13-5-1-4-8-17(13)28-21)19-24-14-6-2-3-7-15(14)25-19/h2-3,6-7,9-11H,1,4-5,8H2,(H,24,25)(H,26,27). The van der Waals surface area contributed by atoms with Crippen molar-refractivity contribution in [3.63, 3.8) is 0 Å². The maximum Gasteiger partial charge on any atom is 0.274 e. The van der Waals surface area contributed by atoms with E-state index in [0.29, 0.717) is 10.7 Å². The monoisotopic (exact) mass is 408 g/mol. The number of aromatic nitrogens is 3. The number of aromatic amines is 1. The summed E-state index contributed by atoms with van der Waals surface area (Å²) in [5.41, 5.74) is 4.51. The number of nitrogens with one attached hydrogen (secondary N) is 2. The van der Waals surface area contributed by atoms with Crippen molar-refractivity contribution < 1.29 is 4.79 Å². The molecule has 28 heavy (non-hydrogen) atoms. The van der Waals surface area contributed by atoms with Crippen molar-refractivity contribution in [1.29, 1.82) is 0 Å². The highest BCUT2D eigenvalue weighted by molar-refractivity contribution is 7.17. The number of H-pyrrole nitrogens is 1. The van der Waals surface area contributed by atoms with Crippen LogP contribution in [0.1, 0.15) is 33.8 Å². The molecule has 3 heterocycles. The Labute approximate surface area is 170 Å². The normalized spacial score (nSPS) is 13.5. The molecule has 0 spiro atoms. The number of anilines is 1. The second-order valence-corrected chi connectivity index (χ2v) is 8.37. The molecule has 3 aromatic heterocycles. The van der Waals surface area contributed by atoms with Gasteiger partial charge < -0.3 is 10.3 Å². The van der Waals surface area contributed by atoms with Gasteiger partial charge >= 0.3 is 0 Å². The number of pyridine rings is 1. The number of fused-ring (bicyclic) bond motifs is 2. The molecule has 0 radical (unpaired) electrons. The molecule has 1 amide bonds. The zero-order valence-electron chi connectivity index (χ0n) is 15.0. The number of thiophene rings is 1. The number of hydrogen-bond acceptors (Lipinski definition) is 4. The first-order valence-electron chi connectivity index (χ1n) is 9.21. The summed E-state index contributed by atoms with van der Waals surface area (Å²) in [5, 5.41) is 4.36. The van der Waals surface area contributed by atoms with Gasteiger partial charge in [-0.25, -0.2) is 4.98 Å². The molecule has 0 saturated carbocycles. The lowest BCUT2D eigenvalue weighted by atomic mass is 9.95. The van der Waals surface area contributed by atoms with Crippen LogP contribution in [0.3, 0.4) is 0 Å². The fourth-order valence-electron chi connectivity index (χ4n) is 3.67. The lowest BCUT2D eigenvalue weighted by Crippen LogP contribution is -2.13. The summed E-state index contributed by atoms with van der Waals surface area (Å²) in [6.45, 7) is 0. The van der Waals surface area contributed by atoms with Gasteiger partial charge in [-0.05, 0) is 55.5 Å². The highest BCUT2D eigenvalue weighted by atomic mass is 35.5. The Morgan fingerprint density at radius 3 is 2.89 bits per heavy atom. The van der Waals surface area contributed by atoms with Gasteiger partial charge in [0.15, 0.2) is 0 Å². The second kappa shape index (κ2) is 7.04. The predicted octanol–water partition coefficient (Wildman–Crippen LogP) is 5.47. The first-order chi connectivity index (χ1) is 13.7. The molecular weight excluding hydrogens is 392 g/mol. The number of rotatable bonds is 3. The van der Waals surface area contributed by atoms with Crippen LogP contribution in [0.25, 0.3) is 22.4 Å². The topological polar surface area (TPSA) is 70.7 Å². The van der Waals surface area contributed by atoms with Crippen molar-refractivity contribution in [2.45, 2.75) is 25.7 Å². The largest absolute Gasteiger partial charge is 0.338 e. The minimum Gasteiger partial charge on any atom is -0.338 e. The van der Waals surface area contributed by atoms with Crippen molar-refractivity contribution in [2.75, 3.05) is 5.32 Å². The predicted molar refractivity (Wildman–Crippen MR) is 113 cm³/mol. The lowest BCUT2D eigenvalue weighted by molar-refractivity contribution is 0.102. The Balaban J connectivity index is 1.59. The van der Waals surface area contributed by atoms with Gasteiger partial charge in [-0.1, -0.05) is 23.7 Å². The van der Waals surface area contributed by atoms with Gasteiger partial charge in [0.05, 0.1) is 16.6 Å². The van der Waals surface area contributed by atoms with Gasteiger partial charge in [-0.2, -0.15) is 0 Å². The molecule has 0 aliphatic heterocycles. The van der Waals surface area contributed by atoms with E-state index >= 15 is 0 Å². The van der Waals surface area contributed by atoms with E-state index in [1.54, 1.807) is 23.5 Å². The summed E-state index contributed by atoms with van der Waals surface area (Å²) < 4.78 is 0. The fraction of sp³-hybridized carbons (Fsp3) is 0.190. The summed E-state index contributed by atoms with van der Waals surface area (Å²) in [6, 6.07) is 11.2. The maximum absolute atomic E-state index is 12.8. The summed E-state index contributed by atoms with van der Waals surface area (Å²) in [4.78, 5) is 26.4. The van der Waals surface area contributed by atoms with E-state index < -0.39 is 0 Å². The van der Waals surface area contributed by atoms with E-state index in [4.69, 9.17) is 16.6 Å². The molecule has 2 N–H and O–H groups in total. The molecule has 0 fully saturated rings. The SMILES string of the molecule is O=C(Nc1sc2c(c1-c1nc3ccccc3[nH]1)CCCC2)c1cc(Cl)ccn1. The Morgan fingerprint density at radius 1 is 1.18 bits per heavy atom. The van der Waals surface area contributed by atoms with E-state index in [9.17, 15) is 4.79 Å². The second-order valence-electron chi connectivity index (χ2n) is 6.83. The van der Waals surface area contributed by atoms with Crippen LogP contribution in [0.5, 0.6) is 0 Å². The van der Waals surface area contributed by atoms with Crippen molar-refractivity contribution in [2.24, 2.45) is 0 Å². The van der Waals surface area contributed by atoms with Crippen molar-refractivity contribution >= 4 is 44.9 Å². The average molecular weight is 409 g/mol. The van der Waals surface area contributed by atoms with Crippen LogP contribution in [0.15, 0.2) is 42.6 Å². The van der Waals surface area contributed by atoms with E-state index in [2.05, 4.69) is 15.3 Å². The van der Waals surface area contributed by atoms with E-state index in [0.717, 1.165) is 46.7 Å². The highest BCUT2D eigenvalue weighted by Crippen LogP contribution is 2.43. The molecule has 4 aromatic rings. The first kappa shape index (κ1) is 17.4. The molecule has 7 heteroatoms. The molecule has 0 unspecified atom stereocenters. The Kier molecular flexibility index (Phi) is 4.37. The summed E-state index contributed by atoms with van der Waals surface area (Å²) in [7, 11) is 0. The molecule has 5 rings (SSSR count). The molecule has 140 valence electrons. The molecule has 0 saturated heterocycles. The Hall–Kier alpha value is -2.70. The van der Waals surface area contributed by atoms with E-state index in [-0.39, 0.29) is 5.91 Å². The van der Waals surface area contributed by atoms with Crippen LogP contribution in [0.4, 0.5) is 5.00 Å². The molecule has 0 atom stereocenters. The number of benzene rings is 1. The Morgan fingerprint density at radius 2 is 2.04 bits per heavy atom. The van der Waals surface area contributed by atoms with Gasteiger partial charge in [0.2, 0.25) is 0 Å². The molecule has 1 aliphatic carbocycles. The van der Waals surface area contributed by atoms with Crippen LogP contribution in [-0.2, 0) is 12.8 Å². The van der Waals surface area contributed by atoms with Crippen LogP contribution in [-0.4, -0.2) is 20.9 Å². The summed E-state index contributed by atoms with van der Waals surface area (Å²) >= 11 is 7.66. The number of amides is 1. The highest BCUT2D eigenvalue weighted by Gasteiger charge is 2.25. The number of para-hydroxylation sites is 2. The van der Waals surface area contributed by atoms with Crippen LogP contribution < -0.4 is 5.32 Å².